The average Bonchev–Trinajstić information content (AvgIpc) is 2.38. The third-order valence-corrected chi connectivity index (χ3v) is 5.04. The molecule has 1 rings (SSSR count). The molecule has 0 saturated heterocycles. The van der Waals surface area contributed by atoms with Gasteiger partial charge in [-0.05, 0) is 27.7 Å². The fourth-order valence-corrected chi connectivity index (χ4v) is 4.57. The van der Waals surface area contributed by atoms with Crippen LogP contribution in [0.3, 0.4) is 0 Å². The lowest BCUT2D eigenvalue weighted by Crippen LogP contribution is -2.31. The van der Waals surface area contributed by atoms with E-state index in [-0.39, 0.29) is 16.5 Å². The summed E-state index contributed by atoms with van der Waals surface area (Å²) in [6.07, 6.45) is 0.605. The minimum Gasteiger partial charge on any atom is -0.298 e. The van der Waals surface area contributed by atoms with Crippen LogP contribution in [-0.2, 0) is 10.0 Å². The molecule has 0 fully saturated rings. The molecular formula is C10H15NO3S2. The highest BCUT2D eigenvalue weighted by Crippen LogP contribution is 2.29. The summed E-state index contributed by atoms with van der Waals surface area (Å²) in [6.45, 7) is 6.94. The molecule has 16 heavy (non-hydrogen) atoms. The lowest BCUT2D eigenvalue weighted by molar-refractivity contribution is 0.112. The molecule has 0 unspecified atom stereocenters. The number of nitrogens with one attached hydrogen (secondary N) is 1. The van der Waals surface area contributed by atoms with E-state index in [4.69, 9.17) is 0 Å². The van der Waals surface area contributed by atoms with Crippen LogP contribution in [0, 0.1) is 13.8 Å². The molecule has 6 heteroatoms. The fraction of sp³-hybridized carbons (Fsp3) is 0.500. The number of thiophene rings is 1. The molecule has 4 nitrogen and oxygen atoms in total. The van der Waals surface area contributed by atoms with Crippen molar-refractivity contribution in [2.75, 3.05) is 0 Å². The normalized spacial score (nSPS) is 12.1. The summed E-state index contributed by atoms with van der Waals surface area (Å²) in [4.78, 5) is 12.4. The molecule has 0 atom stereocenters. The van der Waals surface area contributed by atoms with Crippen molar-refractivity contribution in [3.05, 3.63) is 15.3 Å². The topological polar surface area (TPSA) is 63.2 Å². The molecule has 1 heterocycles. The Hall–Kier alpha value is -0.720. The second-order valence-corrected chi connectivity index (χ2v) is 6.93. The third kappa shape index (κ3) is 2.50. The van der Waals surface area contributed by atoms with Gasteiger partial charge in [0.1, 0.15) is 4.90 Å². The monoisotopic (exact) mass is 261 g/mol. The Labute approximate surface area is 99.7 Å². The summed E-state index contributed by atoms with van der Waals surface area (Å²) >= 11 is 1.32. The predicted octanol–water partition coefficient (Wildman–Crippen LogP) is 1.86. The van der Waals surface area contributed by atoms with Crippen molar-refractivity contribution in [3.63, 3.8) is 0 Å². The van der Waals surface area contributed by atoms with Crippen LogP contribution in [0.1, 0.15) is 34.0 Å². The first-order chi connectivity index (χ1) is 7.29. The second kappa shape index (κ2) is 4.65. The van der Waals surface area contributed by atoms with Gasteiger partial charge in [0, 0.05) is 21.4 Å². The van der Waals surface area contributed by atoms with Crippen LogP contribution in [0.15, 0.2) is 4.90 Å². The number of hydrogen-bond acceptors (Lipinski definition) is 4. The zero-order chi connectivity index (χ0) is 12.5. The van der Waals surface area contributed by atoms with E-state index in [2.05, 4.69) is 4.72 Å². The number of carbonyl (C=O) groups excluding carboxylic acids is 1. The minimum atomic E-state index is -3.58. The maximum Gasteiger partial charge on any atom is 0.242 e. The molecule has 0 spiro atoms. The van der Waals surface area contributed by atoms with Gasteiger partial charge in [-0.25, -0.2) is 13.1 Å². The van der Waals surface area contributed by atoms with Gasteiger partial charge in [-0.3, -0.25) is 4.79 Å². The molecule has 1 aromatic heterocycles. The predicted molar refractivity (Wildman–Crippen MR) is 64.6 cm³/mol. The maximum atomic E-state index is 12.0. The summed E-state index contributed by atoms with van der Waals surface area (Å²) in [5, 5.41) is 0. The second-order valence-electron chi connectivity index (χ2n) is 3.85. The molecule has 0 aliphatic carbocycles. The minimum absolute atomic E-state index is 0.124. The van der Waals surface area contributed by atoms with Gasteiger partial charge in [0.25, 0.3) is 0 Å². The molecule has 1 aromatic rings. The lowest BCUT2D eigenvalue weighted by Gasteiger charge is -2.09. The van der Waals surface area contributed by atoms with E-state index in [1.54, 1.807) is 27.7 Å². The van der Waals surface area contributed by atoms with Gasteiger partial charge in [-0.2, -0.15) is 0 Å². The number of hydrogen-bond donors (Lipinski definition) is 1. The third-order valence-electron chi connectivity index (χ3n) is 2.03. The van der Waals surface area contributed by atoms with Gasteiger partial charge in [0.05, 0.1) is 0 Å². The van der Waals surface area contributed by atoms with Crippen LogP contribution in [0.5, 0.6) is 0 Å². The van der Waals surface area contributed by atoms with E-state index in [1.807, 2.05) is 0 Å². The Kier molecular flexibility index (Phi) is 3.88. The molecule has 0 aromatic carbocycles. The van der Waals surface area contributed by atoms with Gasteiger partial charge in [0.2, 0.25) is 10.0 Å². The standard InChI is InChI=1S/C10H15NO3S2/c1-6(2)11-16(13,14)10-8(4)15-7(3)9(10)5-12/h5-6,11H,1-4H3. The zero-order valence-electron chi connectivity index (χ0n) is 9.70. The van der Waals surface area contributed by atoms with Crippen LogP contribution >= 0.6 is 11.3 Å². The van der Waals surface area contributed by atoms with Gasteiger partial charge in [0.15, 0.2) is 6.29 Å². The smallest absolute Gasteiger partial charge is 0.242 e. The van der Waals surface area contributed by atoms with Crippen LogP contribution in [0.4, 0.5) is 0 Å². The molecule has 0 aliphatic rings. The van der Waals surface area contributed by atoms with Gasteiger partial charge < -0.3 is 0 Å². The Morgan fingerprint density at radius 1 is 1.25 bits per heavy atom. The zero-order valence-corrected chi connectivity index (χ0v) is 11.3. The first-order valence-corrected chi connectivity index (χ1v) is 7.17. The van der Waals surface area contributed by atoms with Crippen molar-refractivity contribution in [3.8, 4) is 0 Å². The highest BCUT2D eigenvalue weighted by molar-refractivity contribution is 7.89. The van der Waals surface area contributed by atoms with E-state index >= 15 is 0 Å². The van der Waals surface area contributed by atoms with Crippen molar-refractivity contribution in [2.45, 2.75) is 38.6 Å². The van der Waals surface area contributed by atoms with Crippen molar-refractivity contribution < 1.29 is 13.2 Å². The number of rotatable bonds is 4. The average molecular weight is 261 g/mol. The Balaban J connectivity index is 3.38. The summed E-state index contributed by atoms with van der Waals surface area (Å²) in [6, 6.07) is -0.191. The van der Waals surface area contributed by atoms with Crippen LogP contribution in [0.2, 0.25) is 0 Å². The van der Waals surface area contributed by atoms with Crippen molar-refractivity contribution in [2.24, 2.45) is 0 Å². The molecular weight excluding hydrogens is 246 g/mol. The summed E-state index contributed by atoms with van der Waals surface area (Å²) in [5.74, 6) is 0. The van der Waals surface area contributed by atoms with Gasteiger partial charge in [-0.1, -0.05) is 0 Å². The number of carbonyl (C=O) groups is 1. The Morgan fingerprint density at radius 3 is 2.25 bits per heavy atom. The SMILES string of the molecule is Cc1sc(C)c(S(=O)(=O)NC(C)C)c1C=O. The van der Waals surface area contributed by atoms with Gasteiger partial charge >= 0.3 is 0 Å². The molecule has 0 radical (unpaired) electrons. The molecule has 0 amide bonds. The van der Waals surface area contributed by atoms with Crippen molar-refractivity contribution in [1.29, 1.82) is 0 Å². The van der Waals surface area contributed by atoms with E-state index < -0.39 is 10.0 Å². The Morgan fingerprint density at radius 2 is 1.81 bits per heavy atom. The molecule has 1 N–H and O–H groups in total. The summed E-state index contributed by atoms with van der Waals surface area (Å²) in [5.41, 5.74) is 0.274. The highest BCUT2D eigenvalue weighted by atomic mass is 32.2. The quantitative estimate of drug-likeness (QED) is 0.841. The fourth-order valence-electron chi connectivity index (χ4n) is 1.52. The summed E-state index contributed by atoms with van der Waals surface area (Å²) < 4.78 is 26.5. The van der Waals surface area contributed by atoms with Crippen LogP contribution < -0.4 is 4.72 Å². The van der Waals surface area contributed by atoms with Crippen molar-refractivity contribution >= 4 is 27.6 Å². The largest absolute Gasteiger partial charge is 0.298 e. The number of aryl methyl sites for hydroxylation is 2. The highest BCUT2D eigenvalue weighted by Gasteiger charge is 2.25. The molecule has 0 bridgehead atoms. The number of sulfonamides is 1. The maximum absolute atomic E-state index is 12.0. The first kappa shape index (κ1) is 13.3. The van der Waals surface area contributed by atoms with Crippen LogP contribution in [-0.4, -0.2) is 20.7 Å². The molecule has 0 aliphatic heterocycles. The van der Waals surface area contributed by atoms with E-state index in [9.17, 15) is 13.2 Å². The van der Waals surface area contributed by atoms with E-state index in [0.717, 1.165) is 4.88 Å². The van der Waals surface area contributed by atoms with Crippen LogP contribution in [0.25, 0.3) is 0 Å². The van der Waals surface area contributed by atoms with Gasteiger partial charge in [-0.15, -0.1) is 11.3 Å². The Bertz CT molecular complexity index is 500. The van der Waals surface area contributed by atoms with E-state index in [1.165, 1.54) is 11.3 Å². The number of aldehydes is 1. The molecule has 0 saturated carbocycles. The lowest BCUT2D eigenvalue weighted by atomic mass is 10.3. The first-order valence-electron chi connectivity index (χ1n) is 4.87. The molecule has 90 valence electrons. The summed E-state index contributed by atoms with van der Waals surface area (Å²) in [7, 11) is -3.58. The van der Waals surface area contributed by atoms with E-state index in [0.29, 0.717) is 11.2 Å². The van der Waals surface area contributed by atoms with Crippen molar-refractivity contribution in [1.82, 2.24) is 4.72 Å².